The van der Waals surface area contributed by atoms with E-state index < -0.39 is 0 Å². The van der Waals surface area contributed by atoms with Crippen LogP contribution in [0.3, 0.4) is 0 Å². The van der Waals surface area contributed by atoms with Gasteiger partial charge in [-0.3, -0.25) is 0 Å². The fraction of sp³-hybridized carbons (Fsp3) is 0. The van der Waals surface area contributed by atoms with Crippen LogP contribution in [0.15, 0.2) is 182 Å². The van der Waals surface area contributed by atoms with E-state index in [9.17, 15) is 0 Å². The SMILES string of the molecule is c1ccc2c(c1)Oc1ccc3c(c1O2)c1ccccc1n3-c1ccc(-c2ccc(-n3c4ccccc4c4c5c(ccc43)Oc3ccccc3O5)c3ccccc23)cc1. The summed E-state index contributed by atoms with van der Waals surface area (Å²) >= 11 is 0. The van der Waals surface area contributed by atoms with Crippen LogP contribution in [-0.4, -0.2) is 9.13 Å². The Kier molecular flexibility index (Phi) is 6.35. The van der Waals surface area contributed by atoms with E-state index in [0.29, 0.717) is 23.0 Å². The predicted molar refractivity (Wildman–Crippen MR) is 231 cm³/mol. The summed E-state index contributed by atoms with van der Waals surface area (Å²) in [5, 5.41) is 6.60. The standard InChI is InChI=1S/C52H30N2O4/c1-2-12-35-34(11-1)33(25-26-40(35)54-39-16-6-4-14-37(39)50-42(54)28-30-48-52(50)58-46-20-10-8-18-44(46)56-48)31-21-23-32(24-22-31)53-38-15-5-3-13-36(38)49-41(53)27-29-47-51(49)57-45-19-9-7-17-43(45)55-47/h1-30H. The average Bonchev–Trinajstić information content (AvgIpc) is 3.81. The number of aromatic nitrogens is 2. The first-order valence-corrected chi connectivity index (χ1v) is 19.4. The van der Waals surface area contributed by atoms with E-state index in [-0.39, 0.29) is 0 Å². The molecule has 13 rings (SSSR count). The molecule has 2 aliphatic rings. The molecular weight excluding hydrogens is 717 g/mol. The van der Waals surface area contributed by atoms with Crippen molar-refractivity contribution < 1.29 is 18.9 Å². The summed E-state index contributed by atoms with van der Waals surface area (Å²) in [6.07, 6.45) is 0. The largest absolute Gasteiger partial charge is 0.449 e. The van der Waals surface area contributed by atoms with Gasteiger partial charge in [-0.15, -0.1) is 0 Å². The number of ether oxygens (including phenoxy) is 4. The van der Waals surface area contributed by atoms with Gasteiger partial charge in [0.05, 0.1) is 38.5 Å². The lowest BCUT2D eigenvalue weighted by atomic mass is 9.96. The first-order valence-electron chi connectivity index (χ1n) is 19.4. The molecule has 0 saturated carbocycles. The molecular formula is C52H30N2O4. The van der Waals surface area contributed by atoms with E-state index in [1.807, 2.05) is 60.7 Å². The lowest BCUT2D eigenvalue weighted by molar-refractivity contribution is 0.363. The van der Waals surface area contributed by atoms with E-state index in [0.717, 1.165) is 94.5 Å². The minimum atomic E-state index is 0.714. The zero-order valence-corrected chi connectivity index (χ0v) is 30.8. The van der Waals surface area contributed by atoms with Crippen molar-refractivity contribution in [3.63, 3.8) is 0 Å². The van der Waals surface area contributed by atoms with Crippen LogP contribution in [0, 0.1) is 0 Å². The van der Waals surface area contributed by atoms with Gasteiger partial charge < -0.3 is 28.1 Å². The van der Waals surface area contributed by atoms with Crippen LogP contribution in [-0.2, 0) is 0 Å². The molecule has 58 heavy (non-hydrogen) atoms. The molecule has 0 spiro atoms. The zero-order valence-electron chi connectivity index (χ0n) is 30.8. The fourth-order valence-corrected chi connectivity index (χ4v) is 9.13. The normalized spacial score (nSPS) is 12.7. The van der Waals surface area contributed by atoms with Crippen LogP contribution in [0.5, 0.6) is 46.0 Å². The molecule has 6 heteroatoms. The lowest BCUT2D eigenvalue weighted by Gasteiger charge is -2.21. The minimum absolute atomic E-state index is 0.714. The molecule has 0 amide bonds. The first-order chi connectivity index (χ1) is 28.8. The molecule has 0 aliphatic carbocycles. The second-order valence-electron chi connectivity index (χ2n) is 14.8. The molecule has 0 radical (unpaired) electrons. The third-order valence-corrected chi connectivity index (χ3v) is 11.7. The Labute approximate surface area is 331 Å². The van der Waals surface area contributed by atoms with Gasteiger partial charge in [-0.05, 0) is 95.4 Å². The lowest BCUT2D eigenvalue weighted by Crippen LogP contribution is -2.00. The summed E-state index contributed by atoms with van der Waals surface area (Å²) in [6.45, 7) is 0. The molecule has 0 bridgehead atoms. The number of benzene rings is 9. The van der Waals surface area contributed by atoms with Gasteiger partial charge in [0.25, 0.3) is 0 Å². The van der Waals surface area contributed by atoms with Crippen LogP contribution in [0.2, 0.25) is 0 Å². The Morgan fingerprint density at radius 3 is 1.34 bits per heavy atom. The number of para-hydroxylation sites is 6. The highest BCUT2D eigenvalue weighted by Gasteiger charge is 2.27. The number of hydrogen-bond donors (Lipinski definition) is 0. The van der Waals surface area contributed by atoms with Crippen LogP contribution < -0.4 is 18.9 Å². The van der Waals surface area contributed by atoms with Crippen molar-refractivity contribution in [1.29, 1.82) is 0 Å². The number of rotatable bonds is 3. The monoisotopic (exact) mass is 746 g/mol. The van der Waals surface area contributed by atoms with Crippen molar-refractivity contribution in [1.82, 2.24) is 9.13 Å². The molecule has 0 unspecified atom stereocenters. The van der Waals surface area contributed by atoms with Gasteiger partial charge >= 0.3 is 0 Å². The Balaban J connectivity index is 0.941. The average molecular weight is 747 g/mol. The molecule has 0 fully saturated rings. The maximum absolute atomic E-state index is 6.58. The first kappa shape index (κ1) is 31.3. The third kappa shape index (κ3) is 4.37. The van der Waals surface area contributed by atoms with E-state index in [1.54, 1.807) is 0 Å². The van der Waals surface area contributed by atoms with E-state index in [4.69, 9.17) is 18.9 Å². The summed E-state index contributed by atoms with van der Waals surface area (Å²) in [4.78, 5) is 0. The van der Waals surface area contributed by atoms with Crippen molar-refractivity contribution in [2.24, 2.45) is 0 Å². The molecule has 11 aromatic rings. The van der Waals surface area contributed by atoms with Gasteiger partial charge in [0.1, 0.15) is 0 Å². The molecule has 0 N–H and O–H groups in total. The van der Waals surface area contributed by atoms with Gasteiger partial charge in [-0.1, -0.05) is 103 Å². The Morgan fingerprint density at radius 1 is 0.293 bits per heavy atom. The van der Waals surface area contributed by atoms with Gasteiger partial charge in [-0.25, -0.2) is 0 Å². The summed E-state index contributed by atoms with van der Waals surface area (Å²) in [5.74, 6) is 5.78. The smallest absolute Gasteiger partial charge is 0.180 e. The third-order valence-electron chi connectivity index (χ3n) is 11.7. The Morgan fingerprint density at radius 2 is 0.759 bits per heavy atom. The molecule has 6 nitrogen and oxygen atoms in total. The van der Waals surface area contributed by atoms with Crippen molar-refractivity contribution in [3.05, 3.63) is 182 Å². The van der Waals surface area contributed by atoms with Crippen LogP contribution in [0.1, 0.15) is 0 Å². The quantitative estimate of drug-likeness (QED) is 0.181. The molecule has 4 heterocycles. The van der Waals surface area contributed by atoms with Gasteiger partial charge in [0.2, 0.25) is 0 Å². The van der Waals surface area contributed by atoms with Crippen molar-refractivity contribution >= 4 is 54.4 Å². The van der Waals surface area contributed by atoms with Gasteiger partial charge in [0, 0.05) is 21.8 Å². The highest BCUT2D eigenvalue weighted by molar-refractivity contribution is 6.16. The topological polar surface area (TPSA) is 46.8 Å². The zero-order chi connectivity index (χ0) is 37.9. The fourth-order valence-electron chi connectivity index (χ4n) is 9.13. The number of fused-ring (bicyclic) bond motifs is 13. The van der Waals surface area contributed by atoms with Crippen LogP contribution >= 0.6 is 0 Å². The molecule has 0 saturated heterocycles. The maximum atomic E-state index is 6.58. The Bertz CT molecular complexity index is 3520. The van der Waals surface area contributed by atoms with E-state index in [2.05, 4.69) is 130 Å². The summed E-state index contributed by atoms with van der Waals surface area (Å²) in [6, 6.07) is 63.1. The Hall–Kier alpha value is -7.96. The second-order valence-corrected chi connectivity index (χ2v) is 14.8. The molecule has 2 aromatic heterocycles. The van der Waals surface area contributed by atoms with Gasteiger partial charge in [0.15, 0.2) is 46.0 Å². The second kappa shape index (κ2) is 11.8. The van der Waals surface area contributed by atoms with Crippen molar-refractivity contribution in [2.75, 3.05) is 0 Å². The highest BCUT2D eigenvalue weighted by Crippen LogP contribution is 2.53. The highest BCUT2D eigenvalue weighted by atomic mass is 16.6. The van der Waals surface area contributed by atoms with Crippen LogP contribution in [0.4, 0.5) is 0 Å². The minimum Gasteiger partial charge on any atom is -0.449 e. The molecule has 2 aliphatic heterocycles. The van der Waals surface area contributed by atoms with Crippen molar-refractivity contribution in [3.8, 4) is 68.5 Å². The van der Waals surface area contributed by atoms with Crippen molar-refractivity contribution in [2.45, 2.75) is 0 Å². The van der Waals surface area contributed by atoms with E-state index >= 15 is 0 Å². The van der Waals surface area contributed by atoms with E-state index in [1.165, 1.54) is 5.39 Å². The number of nitrogens with zero attached hydrogens (tertiary/aromatic N) is 2. The van der Waals surface area contributed by atoms with Crippen LogP contribution in [0.25, 0.3) is 76.9 Å². The summed E-state index contributed by atoms with van der Waals surface area (Å²) in [5.41, 5.74) is 8.78. The maximum Gasteiger partial charge on any atom is 0.180 e. The summed E-state index contributed by atoms with van der Waals surface area (Å²) in [7, 11) is 0. The molecule has 0 atom stereocenters. The predicted octanol–water partition coefficient (Wildman–Crippen LogP) is 14.5. The number of hydrogen-bond acceptors (Lipinski definition) is 4. The molecule has 272 valence electrons. The molecule has 9 aromatic carbocycles. The van der Waals surface area contributed by atoms with Gasteiger partial charge in [-0.2, -0.15) is 0 Å². The summed E-state index contributed by atoms with van der Waals surface area (Å²) < 4.78 is 30.4.